The van der Waals surface area contributed by atoms with E-state index in [1.54, 1.807) is 0 Å². The molecule has 1 N–H and O–H groups in total. The van der Waals surface area contributed by atoms with Gasteiger partial charge in [0, 0.05) is 12.8 Å². The van der Waals surface area contributed by atoms with Crippen LogP contribution in [0.25, 0.3) is 0 Å². The van der Waals surface area contributed by atoms with Gasteiger partial charge in [0.15, 0.2) is 0 Å². The van der Waals surface area contributed by atoms with Crippen molar-refractivity contribution in [3.63, 3.8) is 0 Å². The molecule has 0 saturated heterocycles. The van der Waals surface area contributed by atoms with Gasteiger partial charge >= 0.3 is 0 Å². The van der Waals surface area contributed by atoms with Gasteiger partial charge in [0.05, 0.1) is 12.7 Å². The van der Waals surface area contributed by atoms with Crippen molar-refractivity contribution >= 4 is 22.7 Å². The number of hydrogen-bond donors (Lipinski definition) is 1. The normalized spacial score (nSPS) is 18.3. The van der Waals surface area contributed by atoms with E-state index >= 15 is 0 Å². The Bertz CT molecular complexity index is 536. The van der Waals surface area contributed by atoms with E-state index in [2.05, 4.69) is 4.99 Å². The molecule has 1 amide bonds. The summed E-state index contributed by atoms with van der Waals surface area (Å²) in [6.07, 6.45) is 0. The van der Waals surface area contributed by atoms with Crippen molar-refractivity contribution in [1.82, 2.24) is 5.06 Å². The fraction of sp³-hybridized carbons (Fsp3) is 0.333. The highest BCUT2D eigenvalue weighted by Crippen LogP contribution is 2.29. The molecule has 1 aliphatic heterocycles. The number of halogens is 1. The zero-order valence-corrected chi connectivity index (χ0v) is 11.3. The minimum absolute atomic E-state index is 0.0548. The Balaban J connectivity index is 2.23. The second kappa shape index (κ2) is 5.58. The van der Waals surface area contributed by atoms with Crippen LogP contribution < -0.4 is 0 Å². The molecule has 1 atom stereocenters. The first kappa shape index (κ1) is 13.8. The highest BCUT2D eigenvalue weighted by Gasteiger charge is 2.29. The van der Waals surface area contributed by atoms with E-state index < -0.39 is 11.9 Å². The maximum atomic E-state index is 13.2. The Morgan fingerprint density at radius 3 is 3.05 bits per heavy atom. The summed E-state index contributed by atoms with van der Waals surface area (Å²) in [4.78, 5) is 20.9. The molecule has 0 bridgehead atoms. The zero-order chi connectivity index (χ0) is 14.0. The lowest BCUT2D eigenvalue weighted by molar-refractivity contribution is -0.169. The minimum Gasteiger partial charge on any atom is -0.507 e. The first-order valence-electron chi connectivity index (χ1n) is 5.54. The third kappa shape index (κ3) is 2.87. The molecule has 0 saturated carbocycles. The molecule has 5 nitrogen and oxygen atoms in total. The van der Waals surface area contributed by atoms with Gasteiger partial charge in [0.2, 0.25) is 0 Å². The Hall–Kier alpha value is -1.60. The van der Waals surface area contributed by atoms with Crippen LogP contribution in [0.2, 0.25) is 0 Å². The van der Waals surface area contributed by atoms with Crippen LogP contribution in [-0.2, 0) is 9.63 Å². The predicted octanol–water partition coefficient (Wildman–Crippen LogP) is 1.41. The topological polar surface area (TPSA) is 62.1 Å². The summed E-state index contributed by atoms with van der Waals surface area (Å²) in [6, 6.07) is 3.06. The summed E-state index contributed by atoms with van der Waals surface area (Å²) >= 11 is 1.30. The van der Waals surface area contributed by atoms with Gasteiger partial charge in [-0.3, -0.25) is 14.6 Å². The molecule has 1 heterocycles. The van der Waals surface area contributed by atoms with Crippen LogP contribution in [0.15, 0.2) is 23.2 Å². The number of hydroxylamine groups is 2. The SMILES string of the molecule is CON(C)C(=O)[C@@H]1CSC(c2cc(F)ccc2O)=N1. The number of nitrogens with zero attached hydrogens (tertiary/aromatic N) is 2. The number of carbonyl (C=O) groups is 1. The molecule has 0 fully saturated rings. The van der Waals surface area contributed by atoms with Crippen LogP contribution in [0.3, 0.4) is 0 Å². The summed E-state index contributed by atoms with van der Waals surface area (Å²) in [5.74, 6) is -0.348. The monoisotopic (exact) mass is 284 g/mol. The van der Waals surface area contributed by atoms with Gasteiger partial charge in [0.25, 0.3) is 5.91 Å². The summed E-state index contributed by atoms with van der Waals surface area (Å²) in [7, 11) is 2.89. The quantitative estimate of drug-likeness (QED) is 0.853. The standard InChI is InChI=1S/C12H13FN2O3S/c1-15(18-2)12(17)9-6-19-11(14-9)8-5-7(13)3-4-10(8)16/h3-5,9,16H,6H2,1-2H3/t9-/m0/s1. The molecule has 0 aliphatic carbocycles. The van der Waals surface area contributed by atoms with E-state index in [-0.39, 0.29) is 11.7 Å². The van der Waals surface area contributed by atoms with Gasteiger partial charge < -0.3 is 5.11 Å². The second-order valence-corrected chi connectivity index (χ2v) is 4.95. The highest BCUT2D eigenvalue weighted by atomic mass is 32.2. The van der Waals surface area contributed by atoms with Crippen molar-refractivity contribution < 1.29 is 19.1 Å². The molecule has 1 aliphatic rings. The Labute approximate surface area is 114 Å². The number of benzene rings is 1. The number of hydrogen-bond acceptors (Lipinski definition) is 5. The Morgan fingerprint density at radius 1 is 1.63 bits per heavy atom. The van der Waals surface area contributed by atoms with Crippen molar-refractivity contribution in [3.05, 3.63) is 29.6 Å². The molecule has 2 rings (SSSR count). The number of amides is 1. The Kier molecular flexibility index (Phi) is 4.06. The molecular weight excluding hydrogens is 271 g/mol. The van der Waals surface area contributed by atoms with E-state index in [1.165, 1.54) is 44.1 Å². The maximum absolute atomic E-state index is 13.2. The van der Waals surface area contributed by atoms with E-state index in [9.17, 15) is 14.3 Å². The summed E-state index contributed by atoms with van der Waals surface area (Å²) < 4.78 is 13.2. The Morgan fingerprint density at radius 2 is 2.37 bits per heavy atom. The number of likely N-dealkylation sites (N-methyl/N-ethyl adjacent to an activating group) is 1. The number of aliphatic imine (C=N–C) groups is 1. The molecule has 7 heteroatoms. The van der Waals surface area contributed by atoms with Crippen molar-refractivity contribution in [2.45, 2.75) is 6.04 Å². The molecule has 0 unspecified atom stereocenters. The molecule has 1 aromatic carbocycles. The number of thioether (sulfide) groups is 1. The van der Waals surface area contributed by atoms with Crippen molar-refractivity contribution in [2.24, 2.45) is 4.99 Å². The molecular formula is C12H13FN2O3S. The molecule has 0 spiro atoms. The molecule has 0 aromatic heterocycles. The van der Waals surface area contributed by atoms with Gasteiger partial charge in [-0.15, -0.1) is 11.8 Å². The van der Waals surface area contributed by atoms with Crippen LogP contribution in [0.1, 0.15) is 5.56 Å². The van der Waals surface area contributed by atoms with Crippen LogP contribution in [0, 0.1) is 5.82 Å². The van der Waals surface area contributed by atoms with E-state index in [4.69, 9.17) is 4.84 Å². The number of rotatable bonds is 3. The summed E-state index contributed by atoms with van der Waals surface area (Å²) in [6.45, 7) is 0. The molecule has 1 aromatic rings. The lowest BCUT2D eigenvalue weighted by Gasteiger charge is -2.15. The molecule has 0 radical (unpaired) electrons. The van der Waals surface area contributed by atoms with Crippen LogP contribution in [0.4, 0.5) is 4.39 Å². The first-order chi connectivity index (χ1) is 9.02. The van der Waals surface area contributed by atoms with Gasteiger partial charge in [-0.1, -0.05) is 0 Å². The van der Waals surface area contributed by atoms with Gasteiger partial charge in [-0.2, -0.15) is 0 Å². The number of phenolic OH excluding ortho intramolecular Hbond substituents is 1. The van der Waals surface area contributed by atoms with Gasteiger partial charge in [-0.05, 0) is 18.2 Å². The average Bonchev–Trinajstić information content (AvgIpc) is 2.89. The predicted molar refractivity (Wildman–Crippen MR) is 70.6 cm³/mol. The fourth-order valence-corrected chi connectivity index (χ4v) is 2.68. The largest absolute Gasteiger partial charge is 0.507 e. The third-order valence-corrected chi connectivity index (χ3v) is 3.79. The molecule has 19 heavy (non-hydrogen) atoms. The van der Waals surface area contributed by atoms with Crippen molar-refractivity contribution in [3.8, 4) is 5.75 Å². The van der Waals surface area contributed by atoms with Gasteiger partial charge in [-0.25, -0.2) is 9.45 Å². The summed E-state index contributed by atoms with van der Waals surface area (Å²) in [5.41, 5.74) is 0.306. The van der Waals surface area contributed by atoms with E-state index in [0.717, 1.165) is 5.06 Å². The second-order valence-electron chi connectivity index (χ2n) is 3.94. The maximum Gasteiger partial charge on any atom is 0.271 e. The van der Waals surface area contributed by atoms with Crippen LogP contribution in [-0.4, -0.2) is 47.1 Å². The zero-order valence-electron chi connectivity index (χ0n) is 10.5. The van der Waals surface area contributed by atoms with E-state index in [0.29, 0.717) is 16.4 Å². The lowest BCUT2D eigenvalue weighted by atomic mass is 10.2. The first-order valence-corrected chi connectivity index (χ1v) is 6.52. The lowest BCUT2D eigenvalue weighted by Crippen LogP contribution is -2.34. The third-order valence-electron chi connectivity index (χ3n) is 2.71. The minimum atomic E-state index is -0.576. The molecule has 102 valence electrons. The van der Waals surface area contributed by atoms with Gasteiger partial charge in [0.1, 0.15) is 22.7 Å². The van der Waals surface area contributed by atoms with Crippen molar-refractivity contribution in [1.29, 1.82) is 0 Å². The summed E-state index contributed by atoms with van der Waals surface area (Å²) in [5, 5.41) is 11.3. The van der Waals surface area contributed by atoms with Crippen molar-refractivity contribution in [2.75, 3.05) is 19.9 Å². The number of aromatic hydroxyl groups is 1. The average molecular weight is 284 g/mol. The number of phenols is 1. The van der Waals surface area contributed by atoms with Crippen LogP contribution >= 0.6 is 11.8 Å². The fourth-order valence-electron chi connectivity index (χ4n) is 1.63. The number of carbonyl (C=O) groups excluding carboxylic acids is 1. The van der Waals surface area contributed by atoms with E-state index in [1.807, 2.05) is 0 Å². The highest BCUT2D eigenvalue weighted by molar-refractivity contribution is 8.14. The van der Waals surface area contributed by atoms with Crippen LogP contribution in [0.5, 0.6) is 5.75 Å². The smallest absolute Gasteiger partial charge is 0.271 e.